The Hall–Kier alpha value is -2.71. The van der Waals surface area contributed by atoms with Crippen molar-refractivity contribution in [3.63, 3.8) is 0 Å². The lowest BCUT2D eigenvalue weighted by Crippen LogP contribution is -2.09. The molecule has 1 aliphatic rings. The summed E-state index contributed by atoms with van der Waals surface area (Å²) >= 11 is 0. The molecule has 0 aromatic heterocycles. The average molecular weight is 331 g/mol. The zero-order chi connectivity index (χ0) is 17.9. The van der Waals surface area contributed by atoms with E-state index >= 15 is 0 Å². The largest absolute Gasteiger partial charge is 0.316 e. The van der Waals surface area contributed by atoms with E-state index in [9.17, 15) is 0 Å². The van der Waals surface area contributed by atoms with Crippen LogP contribution in [0.25, 0.3) is 6.08 Å². The Labute approximate surface area is 151 Å². The summed E-state index contributed by atoms with van der Waals surface area (Å²) in [5.41, 5.74) is 4.92. The van der Waals surface area contributed by atoms with Crippen molar-refractivity contribution < 1.29 is 4.58 Å². The Morgan fingerprint density at radius 2 is 1.48 bits per heavy atom. The van der Waals surface area contributed by atoms with Crippen LogP contribution in [0.2, 0.25) is 0 Å². The van der Waals surface area contributed by atoms with E-state index in [1.54, 1.807) is 0 Å². The average Bonchev–Trinajstić information content (AvgIpc) is 2.63. The quantitative estimate of drug-likeness (QED) is 0.607. The molecule has 25 heavy (non-hydrogen) atoms. The van der Waals surface area contributed by atoms with Gasteiger partial charge in [0.05, 0.1) is 0 Å². The van der Waals surface area contributed by atoms with Gasteiger partial charge in [-0.2, -0.15) is 0 Å². The van der Waals surface area contributed by atoms with E-state index in [1.807, 2.05) is 39.4 Å². The van der Waals surface area contributed by atoms with Gasteiger partial charge in [0, 0.05) is 18.7 Å². The fraction of sp³-hybridized carbons (Fsp3) is 0.174. The highest BCUT2D eigenvalue weighted by Gasteiger charge is 2.02. The molecule has 1 aliphatic carbocycles. The minimum Gasteiger partial charge on any atom is -0.316 e. The molecule has 0 heterocycles. The Bertz CT molecular complexity index is 745. The molecule has 0 saturated heterocycles. The minimum absolute atomic E-state index is 0.906. The summed E-state index contributed by atoms with van der Waals surface area (Å²) in [5.74, 6) is 0. The highest BCUT2D eigenvalue weighted by molar-refractivity contribution is 6.02. The number of rotatable bonds is 6. The third-order valence-electron chi connectivity index (χ3n) is 3.79. The summed E-state index contributed by atoms with van der Waals surface area (Å²) < 4.78 is 2.10. The fourth-order valence-corrected chi connectivity index (χ4v) is 2.36. The summed E-state index contributed by atoms with van der Waals surface area (Å²) in [5, 5.41) is 3.15. The van der Waals surface area contributed by atoms with Crippen molar-refractivity contribution in [2.75, 3.05) is 21.1 Å². The lowest BCUT2D eigenvalue weighted by Gasteiger charge is -1.99. The molecule has 1 aromatic rings. The van der Waals surface area contributed by atoms with Crippen LogP contribution in [0.5, 0.6) is 0 Å². The van der Waals surface area contributed by atoms with Gasteiger partial charge in [0.15, 0.2) is 5.71 Å². The van der Waals surface area contributed by atoms with E-state index in [2.05, 4.69) is 82.8 Å². The Morgan fingerprint density at radius 1 is 0.840 bits per heavy atom. The number of hydrogen-bond acceptors (Lipinski definition) is 1. The lowest BCUT2D eigenvalue weighted by atomic mass is 10.1. The second kappa shape index (κ2) is 10.2. The molecule has 0 amide bonds. The molecule has 0 radical (unpaired) electrons. The maximum Gasteiger partial charge on any atom is 0.199 e. The molecule has 2 rings (SSSR count). The number of allylic oxidation sites excluding steroid dienone is 11. The van der Waals surface area contributed by atoms with E-state index < -0.39 is 0 Å². The van der Waals surface area contributed by atoms with Crippen molar-refractivity contribution >= 4 is 11.8 Å². The number of nitrogens with one attached hydrogen (secondary N) is 1. The summed E-state index contributed by atoms with van der Waals surface area (Å²) in [6, 6.07) is 8.57. The van der Waals surface area contributed by atoms with Crippen LogP contribution in [0.4, 0.5) is 0 Å². The molecule has 0 unspecified atom stereocenters. The molecule has 0 fully saturated rings. The van der Waals surface area contributed by atoms with Crippen LogP contribution in [0, 0.1) is 0 Å². The number of hydrogen-bond donors (Lipinski definition) is 1. The van der Waals surface area contributed by atoms with Crippen LogP contribution < -0.4 is 5.32 Å². The first-order valence-electron chi connectivity index (χ1n) is 8.55. The van der Waals surface area contributed by atoms with Gasteiger partial charge in [-0.25, -0.2) is 4.58 Å². The zero-order valence-corrected chi connectivity index (χ0v) is 15.3. The van der Waals surface area contributed by atoms with E-state index in [0.717, 1.165) is 6.54 Å². The zero-order valence-electron chi connectivity index (χ0n) is 15.3. The molecule has 0 bridgehead atoms. The Balaban J connectivity index is 1.82. The molecule has 2 nitrogen and oxygen atoms in total. The van der Waals surface area contributed by atoms with Crippen LogP contribution in [0.15, 0.2) is 90.6 Å². The molecule has 128 valence electrons. The SMILES string of the molecule is CNCc1ccc(/C=C/C=C/C=C/C=C2C=CC(=[N+](C)C)C=C2)cc1. The lowest BCUT2D eigenvalue weighted by molar-refractivity contribution is -0.462. The molecule has 1 N–H and O–H groups in total. The first-order chi connectivity index (χ1) is 12.2. The molecular weight excluding hydrogens is 304 g/mol. The van der Waals surface area contributed by atoms with Gasteiger partial charge in [-0.05, 0) is 35.9 Å². The van der Waals surface area contributed by atoms with E-state index in [4.69, 9.17) is 0 Å². The van der Waals surface area contributed by atoms with Gasteiger partial charge in [0.2, 0.25) is 0 Å². The summed E-state index contributed by atoms with van der Waals surface area (Å²) in [6.07, 6.45) is 23.0. The topological polar surface area (TPSA) is 15.0 Å². The van der Waals surface area contributed by atoms with Crippen LogP contribution in [0.1, 0.15) is 11.1 Å². The monoisotopic (exact) mass is 331 g/mol. The Morgan fingerprint density at radius 3 is 2.12 bits per heavy atom. The van der Waals surface area contributed by atoms with E-state index in [-0.39, 0.29) is 0 Å². The molecule has 0 saturated carbocycles. The maximum absolute atomic E-state index is 3.15. The summed E-state index contributed by atoms with van der Waals surface area (Å²) in [4.78, 5) is 0. The van der Waals surface area contributed by atoms with Crippen LogP contribution in [0.3, 0.4) is 0 Å². The second-order valence-electron chi connectivity index (χ2n) is 6.05. The van der Waals surface area contributed by atoms with Crippen LogP contribution in [-0.2, 0) is 6.54 Å². The van der Waals surface area contributed by atoms with Crippen molar-refractivity contribution in [2.24, 2.45) is 0 Å². The molecular formula is C23H27N2+. The van der Waals surface area contributed by atoms with Gasteiger partial charge in [-0.3, -0.25) is 0 Å². The number of nitrogens with zero attached hydrogens (tertiary/aromatic N) is 1. The molecule has 0 atom stereocenters. The van der Waals surface area contributed by atoms with Crippen LogP contribution in [-0.4, -0.2) is 31.4 Å². The van der Waals surface area contributed by atoms with Crippen molar-refractivity contribution in [3.8, 4) is 0 Å². The van der Waals surface area contributed by atoms with E-state index in [0.29, 0.717) is 0 Å². The molecule has 0 spiro atoms. The van der Waals surface area contributed by atoms with Gasteiger partial charge in [0.1, 0.15) is 14.1 Å². The molecule has 2 heteroatoms. The first-order valence-corrected chi connectivity index (χ1v) is 8.55. The van der Waals surface area contributed by atoms with Crippen molar-refractivity contribution in [1.82, 2.24) is 5.32 Å². The predicted molar refractivity (Wildman–Crippen MR) is 110 cm³/mol. The predicted octanol–water partition coefficient (Wildman–Crippen LogP) is 4.30. The van der Waals surface area contributed by atoms with Gasteiger partial charge < -0.3 is 5.32 Å². The van der Waals surface area contributed by atoms with E-state index in [1.165, 1.54) is 22.4 Å². The normalized spacial score (nSPS) is 14.4. The summed E-state index contributed by atoms with van der Waals surface area (Å²) in [7, 11) is 6.06. The third kappa shape index (κ3) is 6.74. The van der Waals surface area contributed by atoms with Gasteiger partial charge in [-0.15, -0.1) is 0 Å². The highest BCUT2D eigenvalue weighted by Crippen LogP contribution is 2.07. The molecule has 1 aromatic carbocycles. The maximum atomic E-state index is 3.15. The van der Waals surface area contributed by atoms with Gasteiger partial charge in [-0.1, -0.05) is 66.8 Å². The first kappa shape index (κ1) is 18.6. The Kier molecular flexibility index (Phi) is 7.61. The van der Waals surface area contributed by atoms with Crippen molar-refractivity contribution in [2.45, 2.75) is 6.54 Å². The smallest absolute Gasteiger partial charge is 0.199 e. The third-order valence-corrected chi connectivity index (χ3v) is 3.79. The van der Waals surface area contributed by atoms with Crippen molar-refractivity contribution in [1.29, 1.82) is 0 Å². The highest BCUT2D eigenvalue weighted by atomic mass is 14.9. The van der Waals surface area contributed by atoms with Crippen LogP contribution >= 0.6 is 0 Å². The minimum atomic E-state index is 0.906. The van der Waals surface area contributed by atoms with Crippen molar-refractivity contribution in [3.05, 3.63) is 102 Å². The summed E-state index contributed by atoms with van der Waals surface area (Å²) in [6.45, 7) is 0.906. The number of benzene rings is 1. The van der Waals surface area contributed by atoms with Gasteiger partial charge >= 0.3 is 0 Å². The second-order valence-corrected chi connectivity index (χ2v) is 6.05. The standard InChI is InChI=1S/C23H27N2/c1-24-19-22-13-11-20(12-14-22)9-7-5-4-6-8-10-21-15-17-23(18-16-21)25(2)3/h4-18,24H,19H2,1-3H3/q+1/b5-4+,8-6+,9-7+. The molecule has 0 aliphatic heterocycles. The fourth-order valence-electron chi connectivity index (χ4n) is 2.36. The van der Waals surface area contributed by atoms with Gasteiger partial charge in [0.25, 0.3) is 0 Å².